The van der Waals surface area contributed by atoms with E-state index in [2.05, 4.69) is 36.5 Å². The number of benzene rings is 2. The summed E-state index contributed by atoms with van der Waals surface area (Å²) in [4.78, 5) is 21.1. The van der Waals surface area contributed by atoms with Gasteiger partial charge in [0.1, 0.15) is 11.6 Å². The molecule has 3 rings (SSSR count). The molecular weight excluding hydrogens is 489 g/mol. The molecule has 0 aliphatic heterocycles. The van der Waals surface area contributed by atoms with Gasteiger partial charge in [-0.05, 0) is 55.2 Å². The van der Waals surface area contributed by atoms with Gasteiger partial charge in [0.2, 0.25) is 0 Å². The summed E-state index contributed by atoms with van der Waals surface area (Å²) in [5.74, 6) is 0.239. The van der Waals surface area contributed by atoms with Crippen LogP contribution in [0.5, 0.6) is 5.75 Å². The highest BCUT2D eigenvalue weighted by molar-refractivity contribution is 9.10. The molecule has 0 atom stereocenters. The van der Waals surface area contributed by atoms with Gasteiger partial charge in [-0.3, -0.25) is 15.1 Å². The molecule has 0 saturated carbocycles. The molecule has 33 heavy (non-hydrogen) atoms. The third kappa shape index (κ3) is 6.89. The maximum atomic E-state index is 14.7. The van der Waals surface area contributed by atoms with Gasteiger partial charge >= 0.3 is 0 Å². The molecule has 9 heteroatoms. The predicted molar refractivity (Wildman–Crippen MR) is 130 cm³/mol. The molecule has 2 N–H and O–H groups in total. The van der Waals surface area contributed by atoms with Gasteiger partial charge < -0.3 is 14.6 Å². The Morgan fingerprint density at radius 1 is 1.27 bits per heavy atom. The van der Waals surface area contributed by atoms with Gasteiger partial charge in [-0.2, -0.15) is 0 Å². The first-order valence-electron chi connectivity index (χ1n) is 10.6. The molecule has 0 radical (unpaired) electrons. The number of imidazole rings is 1. The number of carbonyl (C=O) groups is 1. The fraction of sp³-hybridized carbons (Fsp3) is 0.292. The third-order valence-corrected chi connectivity index (χ3v) is 5.64. The Kier molecular flexibility index (Phi) is 9.00. The molecule has 0 aliphatic rings. The maximum Gasteiger partial charge on any atom is 0.258 e. The van der Waals surface area contributed by atoms with Crippen molar-refractivity contribution in [1.82, 2.24) is 20.2 Å². The number of aromatic nitrogens is 2. The highest BCUT2D eigenvalue weighted by Crippen LogP contribution is 2.25. The average molecular weight is 516 g/mol. The van der Waals surface area contributed by atoms with E-state index in [4.69, 9.17) is 4.74 Å². The standard InChI is InChI=1S/C24H27BrFN5O2/c1-27-24(29-11-4-13-31-14-12-28-16-31)30-23(32)20-5-3-6-21(26)19(20)9-7-17-15-18(25)8-10-22(17)33-2/h3,5-6,8,10,12,14-16H,4,7,9,11,13H2,1-2H3,(H2,27,29,30,32). The van der Waals surface area contributed by atoms with E-state index in [-0.39, 0.29) is 5.56 Å². The fourth-order valence-electron chi connectivity index (χ4n) is 3.47. The molecule has 0 spiro atoms. The second-order valence-electron chi connectivity index (χ2n) is 7.33. The molecule has 1 amide bonds. The lowest BCUT2D eigenvalue weighted by Gasteiger charge is -2.14. The Bertz CT molecular complexity index is 1100. The zero-order valence-electron chi connectivity index (χ0n) is 18.6. The number of methoxy groups -OCH3 is 1. The van der Waals surface area contributed by atoms with E-state index in [1.807, 2.05) is 29.0 Å². The van der Waals surface area contributed by atoms with Crippen LogP contribution in [-0.2, 0) is 19.4 Å². The van der Waals surface area contributed by atoms with Crippen molar-refractivity contribution in [1.29, 1.82) is 0 Å². The molecule has 7 nitrogen and oxygen atoms in total. The summed E-state index contributed by atoms with van der Waals surface area (Å²) in [5.41, 5.74) is 1.56. The second kappa shape index (κ2) is 12.2. The lowest BCUT2D eigenvalue weighted by atomic mass is 9.98. The van der Waals surface area contributed by atoms with E-state index in [1.165, 1.54) is 12.1 Å². The normalized spacial score (nSPS) is 11.3. The highest BCUT2D eigenvalue weighted by Gasteiger charge is 2.17. The molecule has 0 unspecified atom stereocenters. The lowest BCUT2D eigenvalue weighted by molar-refractivity contribution is 0.0974. The van der Waals surface area contributed by atoms with Crippen LogP contribution in [0.4, 0.5) is 4.39 Å². The number of nitrogens with one attached hydrogen (secondary N) is 2. The summed E-state index contributed by atoms with van der Waals surface area (Å²) in [7, 11) is 3.19. The Hall–Kier alpha value is -3.20. The van der Waals surface area contributed by atoms with Crippen LogP contribution in [0, 0.1) is 5.82 Å². The van der Waals surface area contributed by atoms with Crippen molar-refractivity contribution in [3.05, 3.63) is 82.1 Å². The van der Waals surface area contributed by atoms with Crippen LogP contribution in [0.1, 0.15) is 27.9 Å². The van der Waals surface area contributed by atoms with Crippen molar-refractivity contribution < 1.29 is 13.9 Å². The van der Waals surface area contributed by atoms with Gasteiger partial charge in [0, 0.05) is 48.1 Å². The molecule has 0 aliphatic carbocycles. The van der Waals surface area contributed by atoms with Gasteiger partial charge in [0.05, 0.1) is 13.4 Å². The Labute approximate surface area is 201 Å². The Balaban J connectivity index is 1.64. The van der Waals surface area contributed by atoms with Crippen molar-refractivity contribution in [2.75, 3.05) is 20.7 Å². The summed E-state index contributed by atoms with van der Waals surface area (Å²) >= 11 is 3.46. The molecule has 0 fully saturated rings. The fourth-order valence-corrected chi connectivity index (χ4v) is 3.88. The van der Waals surface area contributed by atoms with Crippen molar-refractivity contribution in [3.63, 3.8) is 0 Å². The number of ether oxygens (including phenoxy) is 1. The SMILES string of the molecule is CN=C(NCCCn1ccnc1)NC(=O)c1cccc(F)c1CCc1cc(Br)ccc1OC. The largest absolute Gasteiger partial charge is 0.496 e. The van der Waals surface area contributed by atoms with E-state index in [0.29, 0.717) is 30.9 Å². The molecule has 1 heterocycles. The van der Waals surface area contributed by atoms with Crippen LogP contribution in [0.15, 0.2) is 64.6 Å². The number of hydrogen-bond acceptors (Lipinski definition) is 4. The maximum absolute atomic E-state index is 14.7. The van der Waals surface area contributed by atoms with E-state index in [1.54, 1.807) is 32.7 Å². The summed E-state index contributed by atoms with van der Waals surface area (Å²) in [6.45, 7) is 1.41. The summed E-state index contributed by atoms with van der Waals surface area (Å²) < 4.78 is 23.0. The topological polar surface area (TPSA) is 80.5 Å². The van der Waals surface area contributed by atoms with E-state index in [0.717, 1.165) is 28.8 Å². The molecular formula is C24H27BrFN5O2. The van der Waals surface area contributed by atoms with E-state index < -0.39 is 11.7 Å². The minimum atomic E-state index is -0.417. The van der Waals surface area contributed by atoms with Crippen molar-refractivity contribution >= 4 is 27.8 Å². The van der Waals surface area contributed by atoms with Crippen molar-refractivity contribution in [2.45, 2.75) is 25.8 Å². The monoisotopic (exact) mass is 515 g/mol. The third-order valence-electron chi connectivity index (χ3n) is 5.15. The highest BCUT2D eigenvalue weighted by atomic mass is 79.9. The lowest BCUT2D eigenvalue weighted by Crippen LogP contribution is -2.41. The number of nitrogens with zero attached hydrogens (tertiary/aromatic N) is 3. The number of rotatable bonds is 9. The minimum absolute atomic E-state index is 0.283. The van der Waals surface area contributed by atoms with Crippen LogP contribution in [-0.4, -0.2) is 42.1 Å². The molecule has 0 bridgehead atoms. The number of aliphatic imine (C=N–C) groups is 1. The van der Waals surface area contributed by atoms with Crippen LogP contribution in [0.2, 0.25) is 0 Å². The van der Waals surface area contributed by atoms with Crippen LogP contribution >= 0.6 is 15.9 Å². The van der Waals surface area contributed by atoms with Crippen LogP contribution in [0.3, 0.4) is 0 Å². The number of guanidine groups is 1. The van der Waals surface area contributed by atoms with Gasteiger partial charge in [-0.15, -0.1) is 0 Å². The van der Waals surface area contributed by atoms with Crippen LogP contribution in [0.25, 0.3) is 0 Å². The molecule has 1 aromatic heterocycles. The minimum Gasteiger partial charge on any atom is -0.496 e. The van der Waals surface area contributed by atoms with E-state index >= 15 is 0 Å². The predicted octanol–water partition coefficient (Wildman–Crippen LogP) is 3.97. The quantitative estimate of drug-likeness (QED) is 0.256. The zero-order chi connectivity index (χ0) is 23.6. The molecule has 2 aromatic carbocycles. The van der Waals surface area contributed by atoms with Gasteiger partial charge in [-0.1, -0.05) is 22.0 Å². The van der Waals surface area contributed by atoms with Crippen LogP contribution < -0.4 is 15.4 Å². The van der Waals surface area contributed by atoms with Crippen molar-refractivity contribution in [2.24, 2.45) is 4.99 Å². The second-order valence-corrected chi connectivity index (χ2v) is 8.24. The first-order valence-corrected chi connectivity index (χ1v) is 11.4. The van der Waals surface area contributed by atoms with E-state index in [9.17, 15) is 9.18 Å². The number of hydrogen-bond donors (Lipinski definition) is 2. The first kappa shape index (κ1) is 24.4. The zero-order valence-corrected chi connectivity index (χ0v) is 20.2. The number of amides is 1. The molecule has 0 saturated heterocycles. The number of carbonyl (C=O) groups excluding carboxylic acids is 1. The summed E-state index contributed by atoms with van der Waals surface area (Å²) in [6.07, 6.45) is 7.07. The smallest absolute Gasteiger partial charge is 0.258 e. The molecule has 3 aromatic rings. The first-order chi connectivity index (χ1) is 16.0. The van der Waals surface area contributed by atoms with Crippen molar-refractivity contribution in [3.8, 4) is 5.75 Å². The Morgan fingerprint density at radius 3 is 2.85 bits per heavy atom. The van der Waals surface area contributed by atoms with Gasteiger partial charge in [0.15, 0.2) is 5.96 Å². The summed E-state index contributed by atoms with van der Waals surface area (Å²) in [6, 6.07) is 10.2. The Morgan fingerprint density at radius 2 is 2.12 bits per heavy atom. The average Bonchev–Trinajstić information content (AvgIpc) is 3.33. The molecule has 174 valence electrons. The number of halogens is 2. The van der Waals surface area contributed by atoms with Gasteiger partial charge in [-0.25, -0.2) is 9.37 Å². The van der Waals surface area contributed by atoms with Gasteiger partial charge in [0.25, 0.3) is 5.91 Å². The number of aryl methyl sites for hydroxylation is 2. The summed E-state index contributed by atoms with van der Waals surface area (Å²) in [5, 5.41) is 5.87.